The van der Waals surface area contributed by atoms with E-state index < -0.39 is 31.7 Å². The number of rotatable bonds is 10. The standard InChI is InChI=1S/C23H30N9O7P/c1-23(30-31-25)18(33)16(38-21(23)32-13-26-17-19(32)27-22(24)28-20(17)35-2)12-37-40(34,29-14-8-10-36-11-9-14)39-15-6-4-3-5-7-15/h3-7,13-14,16,18,21,33H,8-12H2,1-2H3,(H,29,34)(H2,24,27,28)/t16-,18-,21-,23-,40?/m1/s1. The molecule has 40 heavy (non-hydrogen) atoms. The maximum atomic E-state index is 13.9. The van der Waals surface area contributed by atoms with Crippen molar-refractivity contribution in [1.29, 1.82) is 0 Å². The Hall–Kier alpha value is -3.49. The number of fused-ring (bicyclic) bond motifs is 1. The molecule has 4 heterocycles. The third-order valence-corrected chi connectivity index (χ3v) is 8.43. The van der Waals surface area contributed by atoms with E-state index in [0.29, 0.717) is 37.3 Å². The van der Waals surface area contributed by atoms with Crippen molar-refractivity contribution in [3.05, 3.63) is 47.1 Å². The Morgan fingerprint density at radius 1 is 1.32 bits per heavy atom. The Balaban J connectivity index is 1.41. The number of nitrogens with zero attached hydrogens (tertiary/aromatic N) is 7. The number of azide groups is 1. The lowest BCUT2D eigenvalue weighted by atomic mass is 9.93. The minimum absolute atomic E-state index is 0.0757. The van der Waals surface area contributed by atoms with Gasteiger partial charge in [-0.1, -0.05) is 23.3 Å². The summed E-state index contributed by atoms with van der Waals surface area (Å²) in [5.41, 5.74) is 14.2. The molecule has 0 bridgehead atoms. The fourth-order valence-corrected chi connectivity index (χ4v) is 6.36. The first kappa shape index (κ1) is 28.1. The lowest BCUT2D eigenvalue weighted by molar-refractivity contribution is -0.0425. The van der Waals surface area contributed by atoms with Gasteiger partial charge in [0.05, 0.1) is 26.1 Å². The van der Waals surface area contributed by atoms with E-state index >= 15 is 0 Å². The minimum Gasteiger partial charge on any atom is -0.479 e. The number of aliphatic hydroxyl groups is 1. The van der Waals surface area contributed by atoms with Crippen molar-refractivity contribution in [2.45, 2.75) is 49.8 Å². The molecular weight excluding hydrogens is 545 g/mol. The third-order valence-electron chi connectivity index (χ3n) is 6.81. The molecule has 2 aliphatic rings. The summed E-state index contributed by atoms with van der Waals surface area (Å²) >= 11 is 0. The Morgan fingerprint density at radius 3 is 2.77 bits per heavy atom. The van der Waals surface area contributed by atoms with Crippen LogP contribution in [-0.4, -0.2) is 75.3 Å². The number of hydrogen-bond acceptors (Lipinski definition) is 12. The van der Waals surface area contributed by atoms with Crippen molar-refractivity contribution >= 4 is 24.9 Å². The molecule has 0 amide bonds. The molecule has 5 rings (SSSR count). The smallest absolute Gasteiger partial charge is 0.459 e. The van der Waals surface area contributed by atoms with Gasteiger partial charge in [-0.3, -0.25) is 9.09 Å². The number of hydrogen-bond donors (Lipinski definition) is 3. The van der Waals surface area contributed by atoms with E-state index in [2.05, 4.69) is 30.1 Å². The minimum atomic E-state index is -3.95. The lowest BCUT2D eigenvalue weighted by Crippen LogP contribution is -2.43. The lowest BCUT2D eigenvalue weighted by Gasteiger charge is -2.29. The van der Waals surface area contributed by atoms with Crippen LogP contribution in [0.25, 0.3) is 21.6 Å². The van der Waals surface area contributed by atoms with Crippen molar-refractivity contribution in [3.8, 4) is 11.6 Å². The van der Waals surface area contributed by atoms with Gasteiger partial charge >= 0.3 is 7.75 Å². The van der Waals surface area contributed by atoms with Crippen LogP contribution >= 0.6 is 7.75 Å². The number of nitrogens with one attached hydrogen (secondary N) is 1. The first-order valence-corrected chi connectivity index (χ1v) is 14.1. The summed E-state index contributed by atoms with van der Waals surface area (Å²) in [6.45, 7) is 2.19. The highest BCUT2D eigenvalue weighted by molar-refractivity contribution is 7.52. The number of benzene rings is 1. The van der Waals surface area contributed by atoms with Crippen LogP contribution in [0.15, 0.2) is 41.8 Å². The van der Waals surface area contributed by atoms with Gasteiger partial charge in [0.25, 0.3) is 0 Å². The first-order valence-electron chi connectivity index (χ1n) is 12.5. The van der Waals surface area contributed by atoms with Gasteiger partial charge in [-0.25, -0.2) is 14.6 Å². The van der Waals surface area contributed by atoms with Gasteiger partial charge in [-0.15, -0.1) is 0 Å². The molecule has 2 saturated heterocycles. The fraction of sp³-hybridized carbons (Fsp3) is 0.522. The molecule has 0 radical (unpaired) electrons. The van der Waals surface area contributed by atoms with Gasteiger partial charge in [0.15, 0.2) is 17.4 Å². The second kappa shape index (κ2) is 11.6. The third kappa shape index (κ3) is 5.56. The molecule has 1 aromatic carbocycles. The normalized spacial score (nSPS) is 26.7. The van der Waals surface area contributed by atoms with Crippen LogP contribution in [-0.2, 0) is 18.6 Å². The van der Waals surface area contributed by atoms with E-state index in [1.54, 1.807) is 30.3 Å². The van der Waals surface area contributed by atoms with Crippen LogP contribution in [0.3, 0.4) is 0 Å². The number of ether oxygens (including phenoxy) is 3. The maximum Gasteiger partial charge on any atom is 0.459 e. The number of anilines is 1. The second-order valence-electron chi connectivity index (χ2n) is 9.52. The van der Waals surface area contributed by atoms with Crippen molar-refractivity contribution in [1.82, 2.24) is 24.6 Å². The Bertz CT molecular complexity index is 1430. The van der Waals surface area contributed by atoms with E-state index in [0.717, 1.165) is 0 Å². The van der Waals surface area contributed by atoms with Gasteiger partial charge in [-0.05, 0) is 37.4 Å². The largest absolute Gasteiger partial charge is 0.479 e. The average molecular weight is 576 g/mol. The molecule has 0 spiro atoms. The van der Waals surface area contributed by atoms with E-state index in [1.807, 2.05) is 0 Å². The Labute approximate surface area is 229 Å². The van der Waals surface area contributed by atoms with Gasteiger partial charge in [0.1, 0.15) is 17.4 Å². The van der Waals surface area contributed by atoms with Crippen LogP contribution in [0.2, 0.25) is 0 Å². The SMILES string of the molecule is COc1nc(N)nc2c1ncn2[C@@H]1O[C@H](COP(=O)(NC2CCOCC2)Oc2ccccc2)[C@@H](O)[C@@]1(C)N=[N+]=[N-]. The number of aliphatic hydroxyl groups excluding tert-OH is 1. The maximum absolute atomic E-state index is 13.9. The average Bonchev–Trinajstić information content (AvgIpc) is 3.46. The summed E-state index contributed by atoms with van der Waals surface area (Å²) in [5.74, 6) is 0.405. The molecule has 2 aromatic heterocycles. The van der Waals surface area contributed by atoms with Crippen molar-refractivity contribution < 1.29 is 32.9 Å². The number of methoxy groups -OCH3 is 1. The number of imidazole rings is 1. The molecule has 2 aliphatic heterocycles. The van der Waals surface area contributed by atoms with E-state index in [1.165, 1.54) is 24.9 Å². The molecule has 3 aromatic rings. The molecule has 17 heteroatoms. The van der Waals surface area contributed by atoms with E-state index in [-0.39, 0.29) is 30.1 Å². The zero-order valence-corrected chi connectivity index (χ0v) is 22.8. The summed E-state index contributed by atoms with van der Waals surface area (Å²) in [4.78, 5) is 15.5. The quantitative estimate of drug-likeness (QED) is 0.138. The predicted octanol–water partition coefficient (Wildman–Crippen LogP) is 2.72. The molecule has 214 valence electrons. The predicted molar refractivity (Wildman–Crippen MR) is 141 cm³/mol. The molecule has 1 unspecified atom stereocenters. The highest BCUT2D eigenvalue weighted by atomic mass is 31.2. The monoisotopic (exact) mass is 575 g/mol. The number of nitrogens with two attached hydrogens (primary N) is 1. The zero-order valence-electron chi connectivity index (χ0n) is 21.9. The summed E-state index contributed by atoms with van der Waals surface area (Å²) in [6.07, 6.45) is -0.916. The molecule has 16 nitrogen and oxygen atoms in total. The summed E-state index contributed by atoms with van der Waals surface area (Å²) in [5, 5.41) is 18.2. The second-order valence-corrected chi connectivity index (χ2v) is 11.2. The van der Waals surface area contributed by atoms with Gasteiger partial charge in [0, 0.05) is 24.2 Å². The molecule has 0 saturated carbocycles. The summed E-state index contributed by atoms with van der Waals surface area (Å²) < 4.78 is 43.8. The van der Waals surface area contributed by atoms with Gasteiger partial charge in [-0.2, -0.15) is 9.97 Å². The Morgan fingerprint density at radius 2 is 2.08 bits per heavy atom. The van der Waals surface area contributed by atoms with Crippen LogP contribution in [0, 0.1) is 0 Å². The molecule has 2 fully saturated rings. The van der Waals surface area contributed by atoms with Crippen molar-refractivity contribution in [3.63, 3.8) is 0 Å². The van der Waals surface area contributed by atoms with Crippen LogP contribution < -0.4 is 20.1 Å². The van der Waals surface area contributed by atoms with Crippen LogP contribution in [0.1, 0.15) is 26.0 Å². The number of nitrogen functional groups attached to an aromatic ring is 1. The van der Waals surface area contributed by atoms with Crippen LogP contribution in [0.4, 0.5) is 5.95 Å². The molecule has 4 N–H and O–H groups in total. The zero-order chi connectivity index (χ0) is 28.3. The fourth-order valence-electron chi connectivity index (χ4n) is 4.74. The molecule has 5 atom stereocenters. The van der Waals surface area contributed by atoms with Crippen molar-refractivity contribution in [2.75, 3.05) is 32.7 Å². The highest BCUT2D eigenvalue weighted by Crippen LogP contribution is 2.48. The van der Waals surface area contributed by atoms with Crippen molar-refractivity contribution in [2.24, 2.45) is 5.11 Å². The van der Waals surface area contributed by atoms with Gasteiger partial charge in [0.2, 0.25) is 11.8 Å². The molecular formula is C23H30N9O7P. The summed E-state index contributed by atoms with van der Waals surface area (Å²) in [6, 6.07) is 8.43. The van der Waals surface area contributed by atoms with Gasteiger partial charge < -0.3 is 29.6 Å². The number of aromatic nitrogens is 4. The summed E-state index contributed by atoms with van der Waals surface area (Å²) in [7, 11) is -2.54. The highest BCUT2D eigenvalue weighted by Gasteiger charge is 2.55. The Kier molecular flexibility index (Phi) is 8.10. The van der Waals surface area contributed by atoms with Crippen LogP contribution in [0.5, 0.6) is 11.6 Å². The van der Waals surface area contributed by atoms with E-state index in [9.17, 15) is 15.2 Å². The number of para-hydroxylation sites is 1. The topological polar surface area (TPSA) is 214 Å². The molecule has 0 aliphatic carbocycles. The first-order chi connectivity index (χ1) is 19.3. The van der Waals surface area contributed by atoms with E-state index in [4.69, 9.17) is 29.0 Å².